The molecule has 0 amide bonds. The van der Waals surface area contributed by atoms with Gasteiger partial charge in [-0.25, -0.2) is 4.98 Å². The third-order valence-corrected chi connectivity index (χ3v) is 5.97. The van der Waals surface area contributed by atoms with Crippen molar-refractivity contribution in [2.75, 3.05) is 0 Å². The first-order valence-corrected chi connectivity index (χ1v) is 11.8. The van der Waals surface area contributed by atoms with Crippen LogP contribution in [-0.2, 0) is 0 Å². The van der Waals surface area contributed by atoms with Crippen molar-refractivity contribution in [1.29, 1.82) is 0 Å². The maximum absolute atomic E-state index is 13.4. The van der Waals surface area contributed by atoms with Gasteiger partial charge in [-0.15, -0.1) is 0 Å². The summed E-state index contributed by atoms with van der Waals surface area (Å²) in [5.74, 6) is 1.31. The molecule has 0 N–H and O–H groups in total. The number of hydrogen-bond acceptors (Lipinski definition) is 5. The second-order valence-corrected chi connectivity index (χ2v) is 9.20. The van der Waals surface area contributed by atoms with E-state index < -0.39 is 0 Å². The predicted octanol–water partition coefficient (Wildman–Crippen LogP) is 6.90. The molecule has 0 aliphatic rings. The zero-order chi connectivity index (χ0) is 23.8. The van der Waals surface area contributed by atoms with Crippen LogP contribution < -0.4 is 10.3 Å². The van der Waals surface area contributed by atoms with E-state index >= 15 is 0 Å². The normalized spacial score (nSPS) is 11.8. The molecule has 0 saturated heterocycles. The van der Waals surface area contributed by atoms with Crippen LogP contribution in [0.3, 0.4) is 0 Å². The van der Waals surface area contributed by atoms with Crippen LogP contribution in [-0.4, -0.2) is 22.0 Å². The highest BCUT2D eigenvalue weighted by Crippen LogP contribution is 2.35. The van der Waals surface area contributed by atoms with Crippen molar-refractivity contribution in [1.82, 2.24) is 9.66 Å². The molecule has 5 aromatic rings. The molecular formula is C26H19BrClN3O3. The smallest absolute Gasteiger partial charge is 0.282 e. The number of halogens is 2. The maximum atomic E-state index is 13.4. The number of para-hydroxylation sites is 2. The van der Waals surface area contributed by atoms with Gasteiger partial charge in [0, 0.05) is 5.39 Å². The van der Waals surface area contributed by atoms with Gasteiger partial charge in [-0.1, -0.05) is 41.9 Å². The molecule has 170 valence electrons. The van der Waals surface area contributed by atoms with Gasteiger partial charge in [-0.2, -0.15) is 9.78 Å². The van der Waals surface area contributed by atoms with E-state index in [0.717, 1.165) is 5.39 Å². The van der Waals surface area contributed by atoms with Gasteiger partial charge in [0.2, 0.25) is 5.82 Å². The second kappa shape index (κ2) is 9.08. The van der Waals surface area contributed by atoms with Gasteiger partial charge in [0.25, 0.3) is 5.56 Å². The quantitative estimate of drug-likeness (QED) is 0.229. The zero-order valence-electron chi connectivity index (χ0n) is 18.3. The van der Waals surface area contributed by atoms with Crippen LogP contribution in [0.5, 0.6) is 5.75 Å². The Hall–Kier alpha value is -3.42. The molecule has 8 heteroatoms. The summed E-state index contributed by atoms with van der Waals surface area (Å²) in [6, 6.07) is 20.2. The zero-order valence-corrected chi connectivity index (χ0v) is 20.7. The Balaban J connectivity index is 1.66. The van der Waals surface area contributed by atoms with Gasteiger partial charge >= 0.3 is 0 Å². The van der Waals surface area contributed by atoms with E-state index in [-0.39, 0.29) is 11.7 Å². The monoisotopic (exact) mass is 535 g/mol. The Kier molecular flexibility index (Phi) is 5.98. The van der Waals surface area contributed by atoms with Gasteiger partial charge in [-0.3, -0.25) is 4.79 Å². The Morgan fingerprint density at radius 1 is 1.12 bits per heavy atom. The number of furan rings is 1. The molecule has 0 bridgehead atoms. The average molecular weight is 537 g/mol. The van der Waals surface area contributed by atoms with Crippen molar-refractivity contribution in [3.8, 4) is 17.3 Å². The van der Waals surface area contributed by atoms with Crippen LogP contribution in [0.25, 0.3) is 33.5 Å². The standard InChI is InChI=1S/C26H19BrClN3O3/c1-15(2)33-24-19(27)11-16(12-20(24)28)14-29-31-25(23-13-17-7-3-6-10-22(17)34-23)30-21-9-5-4-8-18(21)26(31)32/h3-15H,1-2H3. The van der Waals surface area contributed by atoms with E-state index in [1.165, 1.54) is 4.68 Å². The summed E-state index contributed by atoms with van der Waals surface area (Å²) in [7, 11) is 0. The van der Waals surface area contributed by atoms with Crippen molar-refractivity contribution in [2.45, 2.75) is 20.0 Å². The third-order valence-electron chi connectivity index (χ3n) is 5.10. The lowest BCUT2D eigenvalue weighted by Gasteiger charge is -2.13. The van der Waals surface area contributed by atoms with Crippen LogP contribution in [0.15, 0.2) is 85.5 Å². The Morgan fingerprint density at radius 2 is 1.88 bits per heavy atom. The lowest BCUT2D eigenvalue weighted by Crippen LogP contribution is -2.20. The molecule has 0 aliphatic heterocycles. The second-order valence-electron chi connectivity index (χ2n) is 7.94. The van der Waals surface area contributed by atoms with Crippen LogP contribution in [0.2, 0.25) is 5.02 Å². The van der Waals surface area contributed by atoms with Gasteiger partial charge in [0.1, 0.15) is 5.58 Å². The van der Waals surface area contributed by atoms with Crippen LogP contribution in [0.4, 0.5) is 0 Å². The van der Waals surface area contributed by atoms with E-state index in [1.807, 2.05) is 56.3 Å². The topological polar surface area (TPSA) is 69.6 Å². The minimum Gasteiger partial charge on any atom is -0.488 e. The van der Waals surface area contributed by atoms with E-state index in [4.69, 9.17) is 25.7 Å². The van der Waals surface area contributed by atoms with E-state index in [0.29, 0.717) is 48.9 Å². The fourth-order valence-corrected chi connectivity index (χ4v) is 4.57. The van der Waals surface area contributed by atoms with E-state index in [9.17, 15) is 4.79 Å². The van der Waals surface area contributed by atoms with Gasteiger partial charge in [0.05, 0.1) is 32.7 Å². The molecule has 0 atom stereocenters. The van der Waals surface area contributed by atoms with Crippen molar-refractivity contribution in [2.24, 2.45) is 5.10 Å². The molecule has 0 saturated carbocycles. The molecule has 5 rings (SSSR count). The van der Waals surface area contributed by atoms with Crippen molar-refractivity contribution in [3.63, 3.8) is 0 Å². The molecule has 0 fully saturated rings. The average Bonchev–Trinajstić information content (AvgIpc) is 3.25. The number of hydrogen-bond donors (Lipinski definition) is 0. The summed E-state index contributed by atoms with van der Waals surface area (Å²) in [5, 5.41) is 6.28. The number of ether oxygens (including phenoxy) is 1. The lowest BCUT2D eigenvalue weighted by atomic mass is 10.2. The van der Waals surface area contributed by atoms with Crippen molar-refractivity contribution >= 4 is 55.6 Å². The molecule has 0 spiro atoms. The third kappa shape index (κ3) is 4.24. The number of fused-ring (bicyclic) bond motifs is 2. The first kappa shape index (κ1) is 22.4. The SMILES string of the molecule is CC(C)Oc1c(Cl)cc(C=Nn2c(-c3cc4ccccc4o3)nc3ccccc3c2=O)cc1Br. The molecule has 2 heterocycles. The van der Waals surface area contributed by atoms with Gasteiger partial charge in [0.15, 0.2) is 11.5 Å². The first-order chi connectivity index (χ1) is 16.4. The highest BCUT2D eigenvalue weighted by Gasteiger charge is 2.16. The summed E-state index contributed by atoms with van der Waals surface area (Å²) < 4.78 is 13.7. The summed E-state index contributed by atoms with van der Waals surface area (Å²) in [6.07, 6.45) is 1.53. The molecule has 0 aliphatic carbocycles. The highest BCUT2D eigenvalue weighted by molar-refractivity contribution is 9.10. The minimum atomic E-state index is -0.303. The summed E-state index contributed by atoms with van der Waals surface area (Å²) in [4.78, 5) is 18.1. The predicted molar refractivity (Wildman–Crippen MR) is 139 cm³/mol. The summed E-state index contributed by atoms with van der Waals surface area (Å²) >= 11 is 9.93. The van der Waals surface area contributed by atoms with Crippen LogP contribution >= 0.6 is 27.5 Å². The molecule has 0 unspecified atom stereocenters. The van der Waals surface area contributed by atoms with Crippen LogP contribution in [0, 0.1) is 0 Å². The number of aromatic nitrogens is 2. The molecule has 6 nitrogen and oxygen atoms in total. The maximum Gasteiger partial charge on any atom is 0.282 e. The minimum absolute atomic E-state index is 0.0260. The first-order valence-electron chi connectivity index (χ1n) is 10.6. The Bertz CT molecular complexity index is 1570. The fourth-order valence-electron chi connectivity index (χ4n) is 3.61. The number of benzene rings is 3. The van der Waals surface area contributed by atoms with Gasteiger partial charge < -0.3 is 9.15 Å². The van der Waals surface area contributed by atoms with Gasteiger partial charge in [-0.05, 0) is 71.7 Å². The van der Waals surface area contributed by atoms with E-state index in [2.05, 4.69) is 21.0 Å². The molecular weight excluding hydrogens is 518 g/mol. The number of rotatable bonds is 5. The summed E-state index contributed by atoms with van der Waals surface area (Å²) in [5.41, 5.74) is 1.65. The Labute approximate surface area is 208 Å². The largest absolute Gasteiger partial charge is 0.488 e. The fraction of sp³-hybridized carbons (Fsp3) is 0.115. The van der Waals surface area contributed by atoms with Crippen molar-refractivity contribution in [3.05, 3.63) is 92.1 Å². The Morgan fingerprint density at radius 3 is 2.65 bits per heavy atom. The summed E-state index contributed by atoms with van der Waals surface area (Å²) in [6.45, 7) is 3.85. The molecule has 3 aromatic carbocycles. The highest BCUT2D eigenvalue weighted by atomic mass is 79.9. The molecule has 2 aromatic heterocycles. The molecule has 0 radical (unpaired) electrons. The number of nitrogens with zero attached hydrogens (tertiary/aromatic N) is 3. The molecule has 34 heavy (non-hydrogen) atoms. The van der Waals surface area contributed by atoms with Crippen LogP contribution in [0.1, 0.15) is 19.4 Å². The van der Waals surface area contributed by atoms with E-state index in [1.54, 1.807) is 30.5 Å². The lowest BCUT2D eigenvalue weighted by molar-refractivity contribution is 0.241. The van der Waals surface area contributed by atoms with Crippen molar-refractivity contribution < 1.29 is 9.15 Å².